The van der Waals surface area contributed by atoms with E-state index < -0.39 is 5.97 Å². The standard InChI is InChI=1S/C14H22O4S/c1-5-6-10-9-11(12(19-10)13(15)16)18-8-7-14(2,3)17-4/h9H,5-8H2,1-4H3,(H,15,16). The molecule has 4 nitrogen and oxygen atoms in total. The van der Waals surface area contributed by atoms with Gasteiger partial charge in [-0.2, -0.15) is 0 Å². The van der Waals surface area contributed by atoms with Gasteiger partial charge in [0, 0.05) is 18.4 Å². The third-order valence-electron chi connectivity index (χ3n) is 2.95. The molecule has 0 aliphatic rings. The third-order valence-corrected chi connectivity index (χ3v) is 4.12. The first-order valence-corrected chi connectivity index (χ1v) is 7.25. The molecule has 19 heavy (non-hydrogen) atoms. The van der Waals surface area contributed by atoms with Crippen LogP contribution in [-0.4, -0.2) is 30.4 Å². The third kappa shape index (κ3) is 4.84. The monoisotopic (exact) mass is 286 g/mol. The number of rotatable bonds is 8. The summed E-state index contributed by atoms with van der Waals surface area (Å²) in [5.74, 6) is -0.443. The van der Waals surface area contributed by atoms with Gasteiger partial charge in [0.2, 0.25) is 0 Å². The number of carboxylic acids is 1. The van der Waals surface area contributed by atoms with Gasteiger partial charge in [0.05, 0.1) is 12.2 Å². The summed E-state index contributed by atoms with van der Waals surface area (Å²) in [6.07, 6.45) is 2.59. The highest BCUT2D eigenvalue weighted by molar-refractivity contribution is 7.14. The van der Waals surface area contributed by atoms with Crippen molar-refractivity contribution in [1.82, 2.24) is 0 Å². The molecule has 0 amide bonds. The fourth-order valence-electron chi connectivity index (χ4n) is 1.56. The van der Waals surface area contributed by atoms with Crippen LogP contribution in [0.4, 0.5) is 0 Å². The van der Waals surface area contributed by atoms with Crippen LogP contribution in [0.3, 0.4) is 0 Å². The Morgan fingerprint density at radius 1 is 1.47 bits per heavy atom. The summed E-state index contributed by atoms with van der Waals surface area (Å²) in [5, 5.41) is 9.16. The predicted octanol–water partition coefficient (Wildman–Crippen LogP) is 3.59. The first-order chi connectivity index (χ1) is 8.89. The van der Waals surface area contributed by atoms with E-state index in [2.05, 4.69) is 6.92 Å². The predicted molar refractivity (Wildman–Crippen MR) is 76.5 cm³/mol. The smallest absolute Gasteiger partial charge is 0.349 e. The van der Waals surface area contributed by atoms with Crippen LogP contribution in [0.15, 0.2) is 6.07 Å². The van der Waals surface area contributed by atoms with Gasteiger partial charge in [-0.3, -0.25) is 0 Å². The number of aryl methyl sites for hydroxylation is 1. The van der Waals surface area contributed by atoms with Crippen molar-refractivity contribution in [3.05, 3.63) is 15.8 Å². The Balaban J connectivity index is 2.68. The fourth-order valence-corrected chi connectivity index (χ4v) is 2.60. The number of hydrogen-bond acceptors (Lipinski definition) is 4. The lowest BCUT2D eigenvalue weighted by Gasteiger charge is -2.22. The minimum atomic E-state index is -0.923. The highest BCUT2D eigenvalue weighted by atomic mass is 32.1. The van der Waals surface area contributed by atoms with Crippen LogP contribution in [0.1, 0.15) is 48.2 Å². The first kappa shape index (κ1) is 16.0. The number of aromatic carboxylic acids is 1. The number of carboxylic acid groups (broad SMARTS) is 1. The largest absolute Gasteiger partial charge is 0.492 e. The van der Waals surface area contributed by atoms with Gasteiger partial charge < -0.3 is 14.6 Å². The second-order valence-electron chi connectivity index (χ2n) is 5.02. The van der Waals surface area contributed by atoms with Crippen molar-refractivity contribution in [2.75, 3.05) is 13.7 Å². The Bertz CT molecular complexity index is 423. The van der Waals surface area contributed by atoms with E-state index in [0.717, 1.165) is 17.7 Å². The average molecular weight is 286 g/mol. The number of methoxy groups -OCH3 is 1. The van der Waals surface area contributed by atoms with Crippen molar-refractivity contribution in [3.63, 3.8) is 0 Å². The van der Waals surface area contributed by atoms with Crippen molar-refractivity contribution in [2.45, 2.75) is 45.6 Å². The minimum absolute atomic E-state index is 0.258. The Hall–Kier alpha value is -1.07. The molecule has 1 rings (SSSR count). The molecule has 0 atom stereocenters. The number of carbonyl (C=O) groups is 1. The van der Waals surface area contributed by atoms with Gasteiger partial charge in [0.15, 0.2) is 4.88 Å². The molecular formula is C14H22O4S. The van der Waals surface area contributed by atoms with E-state index in [-0.39, 0.29) is 5.60 Å². The van der Waals surface area contributed by atoms with Crippen molar-refractivity contribution < 1.29 is 19.4 Å². The molecule has 0 unspecified atom stereocenters. The second kappa shape index (κ2) is 6.91. The zero-order chi connectivity index (χ0) is 14.5. The summed E-state index contributed by atoms with van der Waals surface area (Å²) in [4.78, 5) is 12.5. The molecule has 0 radical (unpaired) electrons. The van der Waals surface area contributed by atoms with E-state index in [0.29, 0.717) is 23.7 Å². The number of ether oxygens (including phenoxy) is 2. The molecule has 0 saturated heterocycles. The second-order valence-corrected chi connectivity index (χ2v) is 6.16. The molecule has 1 heterocycles. The van der Waals surface area contributed by atoms with Gasteiger partial charge in [0.25, 0.3) is 0 Å². The van der Waals surface area contributed by atoms with Gasteiger partial charge in [-0.05, 0) is 26.3 Å². The van der Waals surface area contributed by atoms with Crippen LogP contribution in [0.5, 0.6) is 5.75 Å². The Morgan fingerprint density at radius 2 is 2.16 bits per heavy atom. The molecule has 1 aromatic rings. The van der Waals surface area contributed by atoms with Gasteiger partial charge in [-0.15, -0.1) is 11.3 Å². The molecule has 5 heteroatoms. The zero-order valence-electron chi connectivity index (χ0n) is 12.0. The Labute approximate surface area is 118 Å². The molecule has 108 valence electrons. The first-order valence-electron chi connectivity index (χ1n) is 6.43. The maximum atomic E-state index is 11.2. The topological polar surface area (TPSA) is 55.8 Å². The highest BCUT2D eigenvalue weighted by Crippen LogP contribution is 2.30. The van der Waals surface area contributed by atoms with Crippen molar-refractivity contribution in [2.24, 2.45) is 0 Å². The molecule has 0 spiro atoms. The molecule has 1 aromatic heterocycles. The lowest BCUT2D eigenvalue weighted by molar-refractivity contribution is 0.00542. The summed E-state index contributed by atoms with van der Waals surface area (Å²) in [5.41, 5.74) is -0.258. The summed E-state index contributed by atoms with van der Waals surface area (Å²) in [7, 11) is 1.66. The van der Waals surface area contributed by atoms with Crippen LogP contribution in [0.2, 0.25) is 0 Å². The molecule has 0 saturated carbocycles. The number of thiophene rings is 1. The average Bonchev–Trinajstić information content (AvgIpc) is 2.73. The summed E-state index contributed by atoms with van der Waals surface area (Å²) >= 11 is 1.30. The number of hydrogen-bond donors (Lipinski definition) is 1. The van der Waals surface area contributed by atoms with E-state index in [9.17, 15) is 4.79 Å². The maximum Gasteiger partial charge on any atom is 0.349 e. The van der Waals surface area contributed by atoms with Crippen LogP contribution in [-0.2, 0) is 11.2 Å². The van der Waals surface area contributed by atoms with Gasteiger partial charge in [-0.25, -0.2) is 4.79 Å². The van der Waals surface area contributed by atoms with Crippen LogP contribution in [0.25, 0.3) is 0 Å². The minimum Gasteiger partial charge on any atom is -0.492 e. The summed E-state index contributed by atoms with van der Waals surface area (Å²) in [6, 6.07) is 1.84. The summed E-state index contributed by atoms with van der Waals surface area (Å²) < 4.78 is 10.9. The lowest BCUT2D eigenvalue weighted by Crippen LogP contribution is -2.25. The van der Waals surface area contributed by atoms with Crippen LogP contribution >= 0.6 is 11.3 Å². The quantitative estimate of drug-likeness (QED) is 0.793. The molecular weight excluding hydrogens is 264 g/mol. The molecule has 0 fully saturated rings. The SMILES string of the molecule is CCCc1cc(OCCC(C)(C)OC)c(C(=O)O)s1. The maximum absolute atomic E-state index is 11.2. The molecule has 0 aliphatic carbocycles. The van der Waals surface area contributed by atoms with Crippen molar-refractivity contribution >= 4 is 17.3 Å². The van der Waals surface area contributed by atoms with Gasteiger partial charge in [0.1, 0.15) is 5.75 Å². The van der Waals surface area contributed by atoms with Crippen molar-refractivity contribution in [1.29, 1.82) is 0 Å². The highest BCUT2D eigenvalue weighted by Gasteiger charge is 2.19. The zero-order valence-corrected chi connectivity index (χ0v) is 12.8. The van der Waals surface area contributed by atoms with Crippen LogP contribution in [0, 0.1) is 0 Å². The van der Waals surface area contributed by atoms with E-state index >= 15 is 0 Å². The van der Waals surface area contributed by atoms with Crippen LogP contribution < -0.4 is 4.74 Å². The molecule has 0 aromatic carbocycles. The van der Waals surface area contributed by atoms with E-state index in [1.165, 1.54) is 11.3 Å². The normalized spacial score (nSPS) is 11.6. The Kier molecular flexibility index (Phi) is 5.82. The van der Waals surface area contributed by atoms with Crippen molar-refractivity contribution in [3.8, 4) is 5.75 Å². The Morgan fingerprint density at radius 3 is 2.68 bits per heavy atom. The molecule has 1 N–H and O–H groups in total. The summed E-state index contributed by atoms with van der Waals surface area (Å²) in [6.45, 7) is 6.47. The van der Waals surface area contributed by atoms with Gasteiger partial charge >= 0.3 is 5.97 Å². The lowest BCUT2D eigenvalue weighted by atomic mass is 10.1. The van der Waals surface area contributed by atoms with Gasteiger partial charge in [-0.1, -0.05) is 13.3 Å². The van der Waals surface area contributed by atoms with E-state index in [1.807, 2.05) is 19.9 Å². The van der Waals surface area contributed by atoms with E-state index in [1.54, 1.807) is 7.11 Å². The molecule has 0 aliphatic heterocycles. The van der Waals surface area contributed by atoms with E-state index in [4.69, 9.17) is 14.6 Å². The molecule has 0 bridgehead atoms. The fraction of sp³-hybridized carbons (Fsp3) is 0.643.